The molecule has 6 nitrogen and oxygen atoms in total. The molecule has 0 aliphatic rings. The van der Waals surface area contributed by atoms with Crippen LogP contribution in [-0.2, 0) is 11.4 Å². The third-order valence-electron chi connectivity index (χ3n) is 5.53. The van der Waals surface area contributed by atoms with Gasteiger partial charge >= 0.3 is 0 Å². The standard InChI is InChI=1S/C30H27ClN2O4/c1-21(37-27-15-11-25(12-16-27)24-6-4-3-5-7-24)30(34)33-32-19-23-10-17-28(29(18-23)35-2)36-20-22-8-13-26(31)14-9-22/h3-19,21H,20H2,1-2H3,(H,33,34)/b32-19+. The summed E-state index contributed by atoms with van der Waals surface area (Å²) in [6.45, 7) is 2.05. The number of methoxy groups -OCH3 is 1. The number of nitrogens with one attached hydrogen (secondary N) is 1. The first-order valence-electron chi connectivity index (χ1n) is 11.7. The number of hydrogen-bond acceptors (Lipinski definition) is 5. The smallest absolute Gasteiger partial charge is 0.280 e. The number of ether oxygens (including phenoxy) is 3. The van der Waals surface area contributed by atoms with Crippen molar-refractivity contribution in [3.63, 3.8) is 0 Å². The van der Waals surface area contributed by atoms with Gasteiger partial charge in [-0.1, -0.05) is 66.2 Å². The van der Waals surface area contributed by atoms with Crippen LogP contribution < -0.4 is 19.6 Å². The molecular formula is C30H27ClN2O4. The van der Waals surface area contributed by atoms with Crippen molar-refractivity contribution < 1.29 is 19.0 Å². The zero-order valence-corrected chi connectivity index (χ0v) is 21.3. The maximum Gasteiger partial charge on any atom is 0.280 e. The molecule has 37 heavy (non-hydrogen) atoms. The van der Waals surface area contributed by atoms with Crippen LogP contribution in [0.5, 0.6) is 17.2 Å². The van der Waals surface area contributed by atoms with Gasteiger partial charge in [0.15, 0.2) is 17.6 Å². The molecule has 0 aromatic heterocycles. The SMILES string of the molecule is COc1cc(/C=N/NC(=O)C(C)Oc2ccc(-c3ccccc3)cc2)ccc1OCc1ccc(Cl)cc1. The van der Waals surface area contributed by atoms with Gasteiger partial charge in [0, 0.05) is 5.02 Å². The number of halogens is 1. The van der Waals surface area contributed by atoms with Gasteiger partial charge in [0.05, 0.1) is 13.3 Å². The Morgan fingerprint density at radius 2 is 1.62 bits per heavy atom. The quantitative estimate of drug-likeness (QED) is 0.193. The molecule has 1 atom stereocenters. The third kappa shape index (κ3) is 7.35. The lowest BCUT2D eigenvalue weighted by atomic mass is 10.1. The first kappa shape index (κ1) is 25.8. The van der Waals surface area contributed by atoms with Crippen molar-refractivity contribution in [1.29, 1.82) is 0 Å². The number of amides is 1. The summed E-state index contributed by atoms with van der Waals surface area (Å²) in [6, 6.07) is 30.5. The largest absolute Gasteiger partial charge is 0.493 e. The fourth-order valence-corrected chi connectivity index (χ4v) is 3.63. The second kappa shape index (κ2) is 12.6. The molecule has 1 amide bonds. The fourth-order valence-electron chi connectivity index (χ4n) is 3.50. The third-order valence-corrected chi connectivity index (χ3v) is 5.78. The van der Waals surface area contributed by atoms with Crippen molar-refractivity contribution in [2.24, 2.45) is 5.10 Å². The maximum absolute atomic E-state index is 12.4. The van der Waals surface area contributed by atoms with E-state index in [1.165, 1.54) is 6.21 Å². The number of hydrogen-bond donors (Lipinski definition) is 1. The van der Waals surface area contributed by atoms with E-state index in [4.69, 9.17) is 25.8 Å². The molecule has 1 unspecified atom stereocenters. The van der Waals surface area contributed by atoms with Gasteiger partial charge in [-0.25, -0.2) is 5.43 Å². The van der Waals surface area contributed by atoms with Gasteiger partial charge in [-0.3, -0.25) is 4.79 Å². The van der Waals surface area contributed by atoms with E-state index >= 15 is 0 Å². The maximum atomic E-state index is 12.4. The Morgan fingerprint density at radius 3 is 2.32 bits per heavy atom. The van der Waals surface area contributed by atoms with Gasteiger partial charge in [0.25, 0.3) is 5.91 Å². The van der Waals surface area contributed by atoms with Crippen LogP contribution in [0.25, 0.3) is 11.1 Å². The first-order chi connectivity index (χ1) is 18.0. The molecule has 0 radical (unpaired) electrons. The summed E-state index contributed by atoms with van der Waals surface area (Å²) in [5, 5.41) is 4.73. The van der Waals surface area contributed by atoms with Crippen LogP contribution in [0.1, 0.15) is 18.1 Å². The lowest BCUT2D eigenvalue weighted by Crippen LogP contribution is -2.33. The molecule has 4 rings (SSSR count). The van der Waals surface area contributed by atoms with E-state index in [1.807, 2.05) is 84.9 Å². The van der Waals surface area contributed by atoms with Crippen molar-refractivity contribution in [1.82, 2.24) is 5.43 Å². The van der Waals surface area contributed by atoms with Crippen molar-refractivity contribution in [3.8, 4) is 28.4 Å². The van der Waals surface area contributed by atoms with E-state index in [-0.39, 0.29) is 5.91 Å². The minimum absolute atomic E-state index is 0.363. The molecular weight excluding hydrogens is 488 g/mol. The van der Waals surface area contributed by atoms with Crippen molar-refractivity contribution in [2.75, 3.05) is 7.11 Å². The van der Waals surface area contributed by atoms with Gasteiger partial charge in [0.1, 0.15) is 12.4 Å². The second-order valence-electron chi connectivity index (χ2n) is 8.21. The van der Waals surface area contributed by atoms with Gasteiger partial charge < -0.3 is 14.2 Å². The van der Waals surface area contributed by atoms with Crippen LogP contribution in [0.3, 0.4) is 0 Å². The minimum Gasteiger partial charge on any atom is -0.493 e. The summed E-state index contributed by atoms with van der Waals surface area (Å²) in [5.41, 5.74) is 6.43. The predicted octanol–water partition coefficient (Wildman–Crippen LogP) is 6.51. The lowest BCUT2D eigenvalue weighted by Gasteiger charge is -2.13. The van der Waals surface area contributed by atoms with Gasteiger partial charge in [0.2, 0.25) is 0 Å². The molecule has 4 aromatic carbocycles. The van der Waals surface area contributed by atoms with Gasteiger partial charge in [-0.05, 0) is 71.6 Å². The van der Waals surface area contributed by atoms with Crippen molar-refractivity contribution >= 4 is 23.7 Å². The van der Waals surface area contributed by atoms with Crippen LogP contribution in [0.2, 0.25) is 5.02 Å². The topological polar surface area (TPSA) is 69.2 Å². The highest BCUT2D eigenvalue weighted by atomic mass is 35.5. The Morgan fingerprint density at radius 1 is 0.919 bits per heavy atom. The number of carbonyl (C=O) groups excluding carboxylic acids is 1. The number of nitrogens with zero attached hydrogens (tertiary/aromatic N) is 1. The highest BCUT2D eigenvalue weighted by molar-refractivity contribution is 6.30. The minimum atomic E-state index is -0.724. The van der Waals surface area contributed by atoms with E-state index in [0.717, 1.165) is 22.3 Å². The number of hydrazone groups is 1. The Hall–Kier alpha value is -4.29. The molecule has 4 aromatic rings. The summed E-state index contributed by atoms with van der Waals surface area (Å²) in [5.74, 6) is 1.39. The molecule has 0 aliphatic carbocycles. The Kier molecular flexibility index (Phi) is 8.79. The van der Waals surface area contributed by atoms with E-state index in [9.17, 15) is 4.79 Å². The Bertz CT molecular complexity index is 1340. The summed E-state index contributed by atoms with van der Waals surface area (Å²) in [6.07, 6.45) is 0.808. The number of rotatable bonds is 10. The average molecular weight is 515 g/mol. The van der Waals surface area contributed by atoms with Crippen LogP contribution in [0.15, 0.2) is 102 Å². The molecule has 1 N–H and O–H groups in total. The first-order valence-corrected chi connectivity index (χ1v) is 12.1. The second-order valence-corrected chi connectivity index (χ2v) is 8.65. The summed E-state index contributed by atoms with van der Waals surface area (Å²) < 4.78 is 17.1. The lowest BCUT2D eigenvalue weighted by molar-refractivity contribution is -0.127. The molecule has 0 fully saturated rings. The van der Waals surface area contributed by atoms with Crippen LogP contribution in [0, 0.1) is 0 Å². The van der Waals surface area contributed by atoms with Crippen LogP contribution in [-0.4, -0.2) is 25.3 Å². The average Bonchev–Trinajstić information content (AvgIpc) is 2.94. The molecule has 0 spiro atoms. The fraction of sp³-hybridized carbons (Fsp3) is 0.133. The molecule has 0 heterocycles. The number of benzene rings is 4. The highest BCUT2D eigenvalue weighted by Crippen LogP contribution is 2.28. The van der Waals surface area contributed by atoms with Gasteiger partial charge in [-0.15, -0.1) is 0 Å². The van der Waals surface area contributed by atoms with E-state index in [1.54, 1.807) is 26.2 Å². The summed E-state index contributed by atoms with van der Waals surface area (Å²) in [7, 11) is 1.57. The zero-order valence-electron chi connectivity index (χ0n) is 20.6. The van der Waals surface area contributed by atoms with Crippen LogP contribution >= 0.6 is 11.6 Å². The predicted molar refractivity (Wildman–Crippen MR) is 146 cm³/mol. The summed E-state index contributed by atoms with van der Waals surface area (Å²) in [4.78, 5) is 12.4. The highest BCUT2D eigenvalue weighted by Gasteiger charge is 2.14. The van der Waals surface area contributed by atoms with E-state index in [2.05, 4.69) is 10.5 Å². The Labute approximate surface area is 221 Å². The van der Waals surface area contributed by atoms with Crippen LogP contribution in [0.4, 0.5) is 0 Å². The monoisotopic (exact) mass is 514 g/mol. The van der Waals surface area contributed by atoms with Crippen molar-refractivity contribution in [2.45, 2.75) is 19.6 Å². The molecule has 188 valence electrons. The Balaban J connectivity index is 1.29. The molecule has 7 heteroatoms. The number of carbonyl (C=O) groups is 1. The molecule has 0 saturated heterocycles. The normalized spacial score (nSPS) is 11.6. The molecule has 0 bridgehead atoms. The molecule has 0 saturated carbocycles. The van der Waals surface area contributed by atoms with Crippen molar-refractivity contribution in [3.05, 3.63) is 113 Å². The van der Waals surface area contributed by atoms with E-state index in [0.29, 0.717) is 28.9 Å². The molecule has 0 aliphatic heterocycles. The summed E-state index contributed by atoms with van der Waals surface area (Å²) >= 11 is 5.93. The zero-order chi connectivity index (χ0) is 26.0. The van der Waals surface area contributed by atoms with E-state index < -0.39 is 6.10 Å². The van der Waals surface area contributed by atoms with Gasteiger partial charge in [-0.2, -0.15) is 5.10 Å².